The van der Waals surface area contributed by atoms with Crippen LogP contribution in [0, 0.1) is 0 Å². The number of hydrogen-bond acceptors (Lipinski definition) is 5. The lowest BCUT2D eigenvalue weighted by molar-refractivity contribution is 0.0592. The third kappa shape index (κ3) is 2.18. The van der Waals surface area contributed by atoms with Crippen LogP contribution in [0.15, 0.2) is 23.6 Å². The van der Waals surface area contributed by atoms with Crippen molar-refractivity contribution in [3.05, 3.63) is 35.0 Å². The molecular formula is C10H10N2O2S. The Kier molecular flexibility index (Phi) is 3.01. The van der Waals surface area contributed by atoms with Crippen molar-refractivity contribution in [2.45, 2.75) is 11.7 Å². The number of aromatic nitrogens is 2. The van der Waals surface area contributed by atoms with Crippen molar-refractivity contribution >= 4 is 17.7 Å². The maximum atomic E-state index is 11.1. The number of ether oxygens (including phenoxy) is 1. The molecule has 0 amide bonds. The summed E-state index contributed by atoms with van der Waals surface area (Å²) in [4.78, 5) is 11.1. The fourth-order valence-corrected chi connectivity index (χ4v) is 2.20. The number of thioether (sulfide) groups is 1. The number of nitrogens with zero attached hydrogens (tertiary/aromatic N) is 2. The van der Waals surface area contributed by atoms with Crippen molar-refractivity contribution in [3.8, 4) is 0 Å². The number of methoxy groups -OCH3 is 1. The SMILES string of the molecule is COC(=O)c1ccc(C2CC=CS2)nn1. The highest BCUT2D eigenvalue weighted by Crippen LogP contribution is 2.36. The first-order valence-electron chi connectivity index (χ1n) is 4.53. The molecule has 0 aliphatic carbocycles. The van der Waals surface area contributed by atoms with Gasteiger partial charge in [-0.1, -0.05) is 6.08 Å². The number of allylic oxidation sites excluding steroid dienone is 1. The molecule has 0 aromatic carbocycles. The molecule has 5 heteroatoms. The average molecular weight is 222 g/mol. The Labute approximate surface area is 91.7 Å². The van der Waals surface area contributed by atoms with Crippen LogP contribution in [0.4, 0.5) is 0 Å². The molecule has 1 aliphatic rings. The highest BCUT2D eigenvalue weighted by Gasteiger charge is 2.16. The maximum absolute atomic E-state index is 11.1. The lowest BCUT2D eigenvalue weighted by Gasteiger charge is -2.06. The van der Waals surface area contributed by atoms with Gasteiger partial charge in [0.25, 0.3) is 0 Å². The second kappa shape index (κ2) is 4.44. The number of carbonyl (C=O) groups excluding carboxylic acids is 1. The van der Waals surface area contributed by atoms with Crippen molar-refractivity contribution in [2.24, 2.45) is 0 Å². The predicted molar refractivity (Wildman–Crippen MR) is 57.5 cm³/mol. The third-order valence-corrected chi connectivity index (χ3v) is 3.21. The van der Waals surface area contributed by atoms with E-state index in [0.29, 0.717) is 5.25 Å². The van der Waals surface area contributed by atoms with E-state index < -0.39 is 5.97 Å². The average Bonchev–Trinajstić information content (AvgIpc) is 2.82. The topological polar surface area (TPSA) is 52.1 Å². The van der Waals surface area contributed by atoms with E-state index in [2.05, 4.69) is 26.4 Å². The number of carbonyl (C=O) groups is 1. The van der Waals surface area contributed by atoms with Gasteiger partial charge in [0.15, 0.2) is 5.69 Å². The fourth-order valence-electron chi connectivity index (χ4n) is 1.30. The molecule has 1 unspecified atom stereocenters. The van der Waals surface area contributed by atoms with Crippen LogP contribution in [-0.4, -0.2) is 23.3 Å². The van der Waals surface area contributed by atoms with Gasteiger partial charge in [0.2, 0.25) is 0 Å². The molecule has 0 fully saturated rings. The molecule has 1 aromatic rings. The van der Waals surface area contributed by atoms with Crippen LogP contribution in [0.3, 0.4) is 0 Å². The summed E-state index contributed by atoms with van der Waals surface area (Å²) in [6, 6.07) is 3.47. The highest BCUT2D eigenvalue weighted by molar-refractivity contribution is 8.02. The van der Waals surface area contributed by atoms with E-state index in [1.54, 1.807) is 17.8 Å². The van der Waals surface area contributed by atoms with Gasteiger partial charge in [-0.05, 0) is 24.0 Å². The van der Waals surface area contributed by atoms with Gasteiger partial charge >= 0.3 is 5.97 Å². The Bertz CT molecular complexity index is 381. The van der Waals surface area contributed by atoms with Crippen molar-refractivity contribution in [2.75, 3.05) is 7.11 Å². The van der Waals surface area contributed by atoms with Crippen LogP contribution < -0.4 is 0 Å². The molecule has 0 radical (unpaired) electrons. The second-order valence-electron chi connectivity index (χ2n) is 3.07. The molecule has 15 heavy (non-hydrogen) atoms. The van der Waals surface area contributed by atoms with Crippen LogP contribution in [0.2, 0.25) is 0 Å². The van der Waals surface area contributed by atoms with Crippen LogP contribution in [0.5, 0.6) is 0 Å². The van der Waals surface area contributed by atoms with E-state index in [1.807, 2.05) is 6.07 Å². The molecule has 0 bridgehead atoms. The van der Waals surface area contributed by atoms with Gasteiger partial charge in [0.1, 0.15) is 0 Å². The fraction of sp³-hybridized carbons (Fsp3) is 0.300. The van der Waals surface area contributed by atoms with Gasteiger partial charge in [-0.15, -0.1) is 16.9 Å². The molecule has 0 saturated heterocycles. The lowest BCUT2D eigenvalue weighted by Crippen LogP contribution is -2.07. The molecule has 1 aromatic heterocycles. The first-order chi connectivity index (χ1) is 7.31. The van der Waals surface area contributed by atoms with E-state index in [0.717, 1.165) is 12.1 Å². The zero-order valence-corrected chi connectivity index (χ0v) is 9.03. The molecule has 0 spiro atoms. The zero-order chi connectivity index (χ0) is 10.7. The first kappa shape index (κ1) is 10.2. The summed E-state index contributed by atoms with van der Waals surface area (Å²) in [7, 11) is 1.33. The summed E-state index contributed by atoms with van der Waals surface area (Å²) in [5.74, 6) is -0.453. The molecule has 2 rings (SSSR count). The third-order valence-electron chi connectivity index (χ3n) is 2.10. The van der Waals surface area contributed by atoms with Gasteiger partial charge in [-0.2, -0.15) is 5.10 Å². The van der Waals surface area contributed by atoms with Crippen molar-refractivity contribution in [3.63, 3.8) is 0 Å². The minimum absolute atomic E-state index is 0.247. The summed E-state index contributed by atoms with van der Waals surface area (Å²) in [6.07, 6.45) is 3.07. The van der Waals surface area contributed by atoms with E-state index in [4.69, 9.17) is 0 Å². The molecule has 1 atom stereocenters. The Morgan fingerprint density at radius 2 is 2.40 bits per heavy atom. The highest BCUT2D eigenvalue weighted by atomic mass is 32.2. The number of rotatable bonds is 2. The smallest absolute Gasteiger partial charge is 0.358 e. The van der Waals surface area contributed by atoms with Crippen LogP contribution >= 0.6 is 11.8 Å². The van der Waals surface area contributed by atoms with E-state index >= 15 is 0 Å². The van der Waals surface area contributed by atoms with Gasteiger partial charge in [0, 0.05) is 0 Å². The Hall–Kier alpha value is -1.36. The van der Waals surface area contributed by atoms with Gasteiger partial charge in [0.05, 0.1) is 18.1 Å². The first-order valence-corrected chi connectivity index (χ1v) is 5.48. The summed E-state index contributed by atoms with van der Waals surface area (Å²) in [6.45, 7) is 0. The van der Waals surface area contributed by atoms with Gasteiger partial charge in [-0.25, -0.2) is 4.79 Å². The zero-order valence-electron chi connectivity index (χ0n) is 8.21. The number of esters is 1. The second-order valence-corrected chi connectivity index (χ2v) is 4.18. The van der Waals surface area contributed by atoms with Crippen molar-refractivity contribution in [1.29, 1.82) is 0 Å². The van der Waals surface area contributed by atoms with Crippen molar-refractivity contribution in [1.82, 2.24) is 10.2 Å². The molecule has 78 valence electrons. The van der Waals surface area contributed by atoms with E-state index in [9.17, 15) is 4.79 Å². The number of hydrogen-bond donors (Lipinski definition) is 0. The quantitative estimate of drug-likeness (QED) is 0.716. The van der Waals surface area contributed by atoms with E-state index in [1.165, 1.54) is 7.11 Å². The minimum Gasteiger partial charge on any atom is -0.464 e. The Balaban J connectivity index is 2.13. The molecule has 0 N–H and O–H groups in total. The standard InChI is InChI=1S/C10H10N2O2S/c1-14-10(13)8-5-4-7(11-12-8)9-3-2-6-15-9/h2,4-6,9H,3H2,1H3. The van der Waals surface area contributed by atoms with Gasteiger partial charge < -0.3 is 4.74 Å². The summed E-state index contributed by atoms with van der Waals surface area (Å²) < 4.78 is 4.54. The molecule has 4 nitrogen and oxygen atoms in total. The minimum atomic E-state index is -0.453. The molecule has 0 saturated carbocycles. The van der Waals surface area contributed by atoms with Crippen molar-refractivity contribution < 1.29 is 9.53 Å². The van der Waals surface area contributed by atoms with Crippen LogP contribution in [0.1, 0.15) is 27.9 Å². The molecule has 1 aliphatic heterocycles. The summed E-state index contributed by atoms with van der Waals surface area (Å²) >= 11 is 1.72. The monoisotopic (exact) mass is 222 g/mol. The predicted octanol–water partition coefficient (Wildman–Crippen LogP) is 1.95. The maximum Gasteiger partial charge on any atom is 0.358 e. The summed E-state index contributed by atoms with van der Waals surface area (Å²) in [5.41, 5.74) is 1.15. The molecular weight excluding hydrogens is 212 g/mol. The van der Waals surface area contributed by atoms with E-state index in [-0.39, 0.29) is 5.69 Å². The largest absolute Gasteiger partial charge is 0.464 e. The van der Waals surface area contributed by atoms with Crippen LogP contribution in [-0.2, 0) is 4.74 Å². The lowest BCUT2D eigenvalue weighted by atomic mass is 10.2. The normalized spacial score (nSPS) is 19.1. The summed E-state index contributed by atoms with van der Waals surface area (Å²) in [5, 5.41) is 10.2. The Morgan fingerprint density at radius 1 is 1.53 bits per heavy atom. The molecule has 2 heterocycles. The van der Waals surface area contributed by atoms with Gasteiger partial charge in [-0.3, -0.25) is 0 Å². The Morgan fingerprint density at radius 3 is 2.93 bits per heavy atom. The van der Waals surface area contributed by atoms with Crippen LogP contribution in [0.25, 0.3) is 0 Å².